The van der Waals surface area contributed by atoms with Gasteiger partial charge in [0.05, 0.1) is 0 Å². The number of pyridine rings is 1. The molecule has 2 aromatic heterocycles. The van der Waals surface area contributed by atoms with Crippen molar-refractivity contribution in [3.8, 4) is 16.9 Å². The third kappa shape index (κ3) is 4.92. The fraction of sp³-hybridized carbons (Fsp3) is 0.364. The van der Waals surface area contributed by atoms with E-state index in [-0.39, 0.29) is 6.10 Å². The number of carbonyl (C=O) groups excluding carboxylic acids is 1. The molecule has 0 atom stereocenters. The quantitative estimate of drug-likeness (QED) is 0.664. The molecule has 0 radical (unpaired) electrons. The summed E-state index contributed by atoms with van der Waals surface area (Å²) < 4.78 is 44.8. The molecule has 0 spiro atoms. The summed E-state index contributed by atoms with van der Waals surface area (Å²) in [6, 6.07) is 11.2. The third-order valence-electron chi connectivity index (χ3n) is 5.46. The van der Waals surface area contributed by atoms with E-state index in [1.807, 2.05) is 59.2 Å². The number of ether oxygens (including phenoxy) is 1. The number of benzene rings is 1. The Labute approximate surface area is 177 Å². The van der Waals surface area contributed by atoms with E-state index < -0.39 is 18.8 Å². The fourth-order valence-corrected chi connectivity index (χ4v) is 3.81. The average Bonchev–Trinajstić information content (AvgIpc) is 3.23. The fourth-order valence-electron chi connectivity index (χ4n) is 3.81. The van der Waals surface area contributed by atoms with E-state index in [1.165, 1.54) is 4.90 Å². The maximum atomic E-state index is 12.2. The summed E-state index contributed by atoms with van der Waals surface area (Å²) >= 11 is 0. The summed E-state index contributed by atoms with van der Waals surface area (Å²) in [5, 5.41) is 1.91. The molecule has 1 N–H and O–H groups in total. The standard InChI is InChI=1S/C22H23F3N4O2/c1-15-19(6-7-20-26-10-13-29(15)20)16-2-4-17(5-3-16)31-18-8-11-28(12-9-18)21(30)27-14-22(23,24)25/h2-7,10,13,18H,8-9,11-12,14H2,1H3,(H,27,30). The number of fused-ring (bicyclic) bond motifs is 1. The van der Waals surface area contributed by atoms with Crippen LogP contribution in [-0.4, -0.2) is 52.2 Å². The van der Waals surface area contributed by atoms with Gasteiger partial charge in [-0.25, -0.2) is 9.78 Å². The van der Waals surface area contributed by atoms with Gasteiger partial charge in [-0.15, -0.1) is 0 Å². The van der Waals surface area contributed by atoms with E-state index in [0.29, 0.717) is 25.9 Å². The van der Waals surface area contributed by atoms with E-state index in [1.54, 1.807) is 6.20 Å². The Balaban J connectivity index is 1.33. The maximum Gasteiger partial charge on any atom is 0.405 e. The highest BCUT2D eigenvalue weighted by molar-refractivity contribution is 5.74. The zero-order valence-corrected chi connectivity index (χ0v) is 17.0. The molecule has 0 bridgehead atoms. The lowest BCUT2D eigenvalue weighted by Crippen LogP contribution is -2.48. The van der Waals surface area contributed by atoms with Gasteiger partial charge in [-0.05, 0) is 36.8 Å². The number of nitrogens with zero attached hydrogens (tertiary/aromatic N) is 3. The lowest BCUT2D eigenvalue weighted by atomic mass is 10.0. The first kappa shape index (κ1) is 21.0. The SMILES string of the molecule is Cc1c(-c2ccc(OC3CCN(C(=O)NCC(F)(F)F)CC3)cc2)ccc2nccn12. The highest BCUT2D eigenvalue weighted by Crippen LogP contribution is 2.27. The van der Waals surface area contributed by atoms with E-state index in [2.05, 4.69) is 4.98 Å². The van der Waals surface area contributed by atoms with Crippen molar-refractivity contribution in [1.29, 1.82) is 0 Å². The molecule has 9 heteroatoms. The minimum Gasteiger partial charge on any atom is -0.490 e. The van der Waals surface area contributed by atoms with Gasteiger partial charge < -0.3 is 19.4 Å². The number of aryl methyl sites for hydroxylation is 1. The molecule has 1 aliphatic rings. The number of aromatic nitrogens is 2. The first-order chi connectivity index (χ1) is 14.8. The molecule has 0 saturated carbocycles. The van der Waals surface area contributed by atoms with Crippen molar-refractivity contribution in [1.82, 2.24) is 19.6 Å². The Hall–Kier alpha value is -3.23. The zero-order valence-electron chi connectivity index (χ0n) is 17.0. The van der Waals surface area contributed by atoms with E-state index >= 15 is 0 Å². The van der Waals surface area contributed by atoms with Gasteiger partial charge in [-0.3, -0.25) is 0 Å². The number of alkyl halides is 3. The Bertz CT molecular complexity index is 1050. The first-order valence-electron chi connectivity index (χ1n) is 10.1. The smallest absolute Gasteiger partial charge is 0.405 e. The minimum atomic E-state index is -4.41. The van der Waals surface area contributed by atoms with Crippen molar-refractivity contribution in [3.63, 3.8) is 0 Å². The van der Waals surface area contributed by atoms with Crippen molar-refractivity contribution in [2.45, 2.75) is 32.0 Å². The van der Waals surface area contributed by atoms with Crippen LogP contribution in [-0.2, 0) is 0 Å². The number of imidazole rings is 1. The molecular formula is C22H23F3N4O2. The Morgan fingerprint density at radius 1 is 1.16 bits per heavy atom. The lowest BCUT2D eigenvalue weighted by molar-refractivity contribution is -0.123. The lowest BCUT2D eigenvalue weighted by Gasteiger charge is -2.32. The second-order valence-electron chi connectivity index (χ2n) is 7.59. The normalized spacial score (nSPS) is 15.3. The highest BCUT2D eigenvalue weighted by atomic mass is 19.4. The van der Waals surface area contributed by atoms with Crippen LogP contribution in [0.15, 0.2) is 48.8 Å². The molecule has 4 rings (SSSR count). The Morgan fingerprint density at radius 3 is 2.55 bits per heavy atom. The average molecular weight is 432 g/mol. The summed E-state index contributed by atoms with van der Waals surface area (Å²) in [5.74, 6) is 0.727. The number of carbonyl (C=O) groups is 1. The summed E-state index contributed by atoms with van der Waals surface area (Å²) in [6.45, 7) is 1.45. The molecule has 0 aliphatic carbocycles. The minimum absolute atomic E-state index is 0.0819. The predicted molar refractivity (Wildman–Crippen MR) is 110 cm³/mol. The van der Waals surface area contributed by atoms with Crippen LogP contribution in [0, 0.1) is 6.92 Å². The molecule has 1 aliphatic heterocycles. The molecule has 6 nitrogen and oxygen atoms in total. The first-order valence-corrected chi connectivity index (χ1v) is 10.1. The van der Waals surface area contributed by atoms with E-state index in [0.717, 1.165) is 28.2 Å². The number of rotatable bonds is 4. The Kier molecular flexibility index (Phi) is 5.75. The number of nitrogens with one attached hydrogen (secondary N) is 1. The zero-order chi connectivity index (χ0) is 22.0. The third-order valence-corrected chi connectivity index (χ3v) is 5.46. The van der Waals surface area contributed by atoms with Gasteiger partial charge >= 0.3 is 12.2 Å². The molecule has 0 unspecified atom stereocenters. The molecule has 1 aromatic carbocycles. The van der Waals surface area contributed by atoms with Crippen molar-refractivity contribution < 1.29 is 22.7 Å². The molecule has 3 heterocycles. The van der Waals surface area contributed by atoms with Gasteiger partial charge in [-0.2, -0.15) is 13.2 Å². The molecule has 31 heavy (non-hydrogen) atoms. The van der Waals surface area contributed by atoms with Gasteiger partial charge in [0.2, 0.25) is 0 Å². The monoisotopic (exact) mass is 432 g/mol. The highest BCUT2D eigenvalue weighted by Gasteiger charge is 2.30. The molecule has 1 saturated heterocycles. The summed E-state index contributed by atoms with van der Waals surface area (Å²) in [6.07, 6.45) is 0.346. The van der Waals surface area contributed by atoms with Crippen LogP contribution < -0.4 is 10.1 Å². The van der Waals surface area contributed by atoms with Gasteiger partial charge in [0.25, 0.3) is 0 Å². The summed E-state index contributed by atoms with van der Waals surface area (Å²) in [5.41, 5.74) is 4.17. The topological polar surface area (TPSA) is 58.9 Å². The molecular weight excluding hydrogens is 409 g/mol. The second kappa shape index (κ2) is 8.49. The van der Waals surface area contributed by atoms with Crippen LogP contribution in [0.4, 0.5) is 18.0 Å². The summed E-state index contributed by atoms with van der Waals surface area (Å²) in [4.78, 5) is 17.5. The number of urea groups is 1. The van der Waals surface area contributed by atoms with Gasteiger partial charge in [0, 0.05) is 49.6 Å². The van der Waals surface area contributed by atoms with Crippen molar-refractivity contribution in [2.75, 3.05) is 19.6 Å². The van der Waals surface area contributed by atoms with Crippen LogP contribution in [0.1, 0.15) is 18.5 Å². The van der Waals surface area contributed by atoms with Crippen LogP contribution in [0.3, 0.4) is 0 Å². The van der Waals surface area contributed by atoms with Gasteiger partial charge in [-0.1, -0.05) is 12.1 Å². The molecule has 2 amide bonds. The van der Waals surface area contributed by atoms with Gasteiger partial charge in [0.1, 0.15) is 24.0 Å². The van der Waals surface area contributed by atoms with Crippen molar-refractivity contribution >= 4 is 11.7 Å². The van der Waals surface area contributed by atoms with Crippen LogP contribution in [0.5, 0.6) is 5.75 Å². The number of amides is 2. The molecule has 1 fully saturated rings. The summed E-state index contributed by atoms with van der Waals surface area (Å²) in [7, 11) is 0. The maximum absolute atomic E-state index is 12.2. The number of likely N-dealkylation sites (tertiary alicyclic amines) is 1. The number of hydrogen-bond donors (Lipinski definition) is 1. The number of piperidine rings is 1. The second-order valence-corrected chi connectivity index (χ2v) is 7.59. The molecule has 3 aromatic rings. The Morgan fingerprint density at radius 2 is 1.87 bits per heavy atom. The van der Waals surface area contributed by atoms with Crippen LogP contribution >= 0.6 is 0 Å². The van der Waals surface area contributed by atoms with Crippen LogP contribution in [0.25, 0.3) is 16.8 Å². The van der Waals surface area contributed by atoms with E-state index in [9.17, 15) is 18.0 Å². The van der Waals surface area contributed by atoms with Crippen molar-refractivity contribution in [3.05, 3.63) is 54.5 Å². The van der Waals surface area contributed by atoms with Crippen molar-refractivity contribution in [2.24, 2.45) is 0 Å². The van der Waals surface area contributed by atoms with E-state index in [4.69, 9.17) is 4.74 Å². The largest absolute Gasteiger partial charge is 0.490 e. The number of hydrogen-bond acceptors (Lipinski definition) is 3. The predicted octanol–water partition coefficient (Wildman–Crippen LogP) is 4.42. The number of halogens is 3. The van der Waals surface area contributed by atoms with Gasteiger partial charge in [0.15, 0.2) is 0 Å². The van der Waals surface area contributed by atoms with Crippen LogP contribution in [0.2, 0.25) is 0 Å². The molecule has 164 valence electrons.